The number of nitrogens with zero attached hydrogens (tertiary/aromatic N) is 3. The van der Waals surface area contributed by atoms with Crippen LogP contribution >= 0.6 is 11.8 Å². The number of halogens is 1. The molecule has 0 N–H and O–H groups in total. The highest BCUT2D eigenvalue weighted by atomic mass is 32.2. The molecule has 0 saturated carbocycles. The number of carbonyl (C=O) groups is 1. The highest BCUT2D eigenvalue weighted by molar-refractivity contribution is 7.98. The molecule has 1 unspecified atom stereocenters. The molecule has 1 heterocycles. The number of carbonyl (C=O) groups excluding carboxylic acids is 1. The lowest BCUT2D eigenvalue weighted by Crippen LogP contribution is -2.51. The monoisotopic (exact) mass is 493 g/mol. The Balaban J connectivity index is 1.58. The van der Waals surface area contributed by atoms with Crippen molar-refractivity contribution in [2.75, 3.05) is 59.6 Å². The molecule has 1 amide bonds. The van der Waals surface area contributed by atoms with Gasteiger partial charge in [0.1, 0.15) is 5.82 Å². The quantitative estimate of drug-likeness (QED) is 0.495. The van der Waals surface area contributed by atoms with E-state index in [-0.39, 0.29) is 17.6 Å². The predicted molar refractivity (Wildman–Crippen MR) is 146 cm³/mol. The third-order valence-corrected chi connectivity index (χ3v) is 7.89. The first-order valence-electron chi connectivity index (χ1n) is 12.3. The summed E-state index contributed by atoms with van der Waals surface area (Å²) < 4.78 is 14.3. The van der Waals surface area contributed by atoms with Gasteiger partial charge in [0.05, 0.1) is 5.92 Å². The van der Waals surface area contributed by atoms with Crippen LogP contribution in [0.1, 0.15) is 30.5 Å². The Labute approximate surface area is 213 Å². The fraction of sp³-hybridized carbons (Fsp3) is 0.414. The highest BCUT2D eigenvalue weighted by Crippen LogP contribution is 2.46. The van der Waals surface area contributed by atoms with Gasteiger partial charge in [-0.2, -0.15) is 0 Å². The predicted octanol–water partition coefficient (Wildman–Crippen LogP) is 5.22. The van der Waals surface area contributed by atoms with E-state index < -0.39 is 0 Å². The molecule has 186 valence electrons. The largest absolute Gasteiger partial charge is 0.340 e. The summed E-state index contributed by atoms with van der Waals surface area (Å²) in [7, 11) is 4.17. The zero-order valence-corrected chi connectivity index (χ0v) is 22.3. The second-order valence-corrected chi connectivity index (χ2v) is 10.6. The number of hydrogen-bond acceptors (Lipinski definition) is 4. The Morgan fingerprint density at radius 1 is 1.09 bits per heavy atom. The van der Waals surface area contributed by atoms with Crippen LogP contribution in [0.3, 0.4) is 0 Å². The van der Waals surface area contributed by atoms with Crippen LogP contribution in [0, 0.1) is 11.7 Å². The van der Waals surface area contributed by atoms with Crippen LogP contribution in [0.4, 0.5) is 4.39 Å². The molecular weight excluding hydrogens is 457 g/mol. The first-order valence-corrected chi connectivity index (χ1v) is 13.5. The molecule has 4 rings (SSSR count). The van der Waals surface area contributed by atoms with Gasteiger partial charge in [-0.1, -0.05) is 18.2 Å². The molecule has 0 spiro atoms. The standard InChI is InChI=1S/C29H36FN3OS/c1-20-26(18-22-6-9-24(35-5)10-7-22)25-11-8-23(30)19-27(25)28(20)21(2)29(34)33-16-14-32(15-17-33)13-12-31(3)4/h6-11,18-19,21H,12-17H2,1-5H3/b26-18-. The van der Waals surface area contributed by atoms with Crippen molar-refractivity contribution >= 4 is 34.9 Å². The molecule has 6 heteroatoms. The van der Waals surface area contributed by atoms with Gasteiger partial charge in [-0.05, 0) is 97.9 Å². The van der Waals surface area contributed by atoms with E-state index in [4.69, 9.17) is 0 Å². The molecule has 35 heavy (non-hydrogen) atoms. The van der Waals surface area contributed by atoms with Gasteiger partial charge in [0, 0.05) is 44.2 Å². The minimum Gasteiger partial charge on any atom is -0.340 e. The van der Waals surface area contributed by atoms with E-state index in [9.17, 15) is 9.18 Å². The molecule has 1 atom stereocenters. The van der Waals surface area contributed by atoms with Crippen molar-refractivity contribution < 1.29 is 9.18 Å². The molecule has 0 radical (unpaired) electrons. The molecule has 2 aromatic rings. The van der Waals surface area contributed by atoms with Gasteiger partial charge < -0.3 is 9.80 Å². The summed E-state index contributed by atoms with van der Waals surface area (Å²) in [6.45, 7) is 9.36. The van der Waals surface area contributed by atoms with Gasteiger partial charge in [0.25, 0.3) is 0 Å². The molecule has 0 bridgehead atoms. The van der Waals surface area contributed by atoms with Gasteiger partial charge in [-0.15, -0.1) is 11.8 Å². The Hall–Kier alpha value is -2.41. The summed E-state index contributed by atoms with van der Waals surface area (Å²) >= 11 is 1.72. The summed E-state index contributed by atoms with van der Waals surface area (Å²) in [6, 6.07) is 13.4. The smallest absolute Gasteiger partial charge is 0.229 e. The van der Waals surface area contributed by atoms with E-state index >= 15 is 0 Å². The number of amides is 1. The van der Waals surface area contributed by atoms with E-state index in [1.807, 2.05) is 17.9 Å². The summed E-state index contributed by atoms with van der Waals surface area (Å²) in [5.41, 5.74) is 6.03. The SMILES string of the molecule is CSc1ccc(/C=C2/C(C)=C(C(C)C(=O)N3CCN(CCN(C)C)CC3)c3cc(F)ccc32)cc1. The van der Waals surface area contributed by atoms with Crippen molar-refractivity contribution in [2.45, 2.75) is 18.7 Å². The number of rotatable bonds is 7. The number of hydrogen-bond donors (Lipinski definition) is 0. The number of fused-ring (bicyclic) bond motifs is 1. The molecule has 0 aromatic heterocycles. The van der Waals surface area contributed by atoms with Crippen LogP contribution in [0.2, 0.25) is 0 Å². The van der Waals surface area contributed by atoms with Crippen LogP contribution in [0.25, 0.3) is 17.2 Å². The fourth-order valence-corrected chi connectivity index (χ4v) is 5.47. The second kappa shape index (κ2) is 11.1. The van der Waals surface area contributed by atoms with E-state index in [1.54, 1.807) is 17.8 Å². The molecule has 1 saturated heterocycles. The number of piperazine rings is 1. The maximum Gasteiger partial charge on any atom is 0.229 e. The van der Waals surface area contributed by atoms with Gasteiger partial charge in [0.2, 0.25) is 5.91 Å². The first kappa shape index (κ1) is 25.7. The number of allylic oxidation sites excluding steroid dienone is 2. The zero-order valence-electron chi connectivity index (χ0n) is 21.5. The van der Waals surface area contributed by atoms with Gasteiger partial charge >= 0.3 is 0 Å². The molecular formula is C29H36FN3OS. The summed E-state index contributed by atoms with van der Waals surface area (Å²) in [5, 5.41) is 0. The van der Waals surface area contributed by atoms with Crippen LogP contribution in [0.15, 0.2) is 52.9 Å². The Kier molecular flexibility index (Phi) is 8.15. The third kappa shape index (κ3) is 5.71. The van der Waals surface area contributed by atoms with Crippen LogP contribution in [0.5, 0.6) is 0 Å². The summed E-state index contributed by atoms with van der Waals surface area (Å²) in [5.74, 6) is -0.463. The fourth-order valence-electron chi connectivity index (χ4n) is 5.06. The molecule has 2 aromatic carbocycles. The molecule has 1 fully saturated rings. The Morgan fingerprint density at radius 2 is 1.77 bits per heavy atom. The van der Waals surface area contributed by atoms with Crippen LogP contribution < -0.4 is 0 Å². The maximum absolute atomic E-state index is 14.3. The van der Waals surface area contributed by atoms with Gasteiger partial charge in [-0.3, -0.25) is 9.69 Å². The minimum absolute atomic E-state index is 0.132. The van der Waals surface area contributed by atoms with E-state index in [2.05, 4.69) is 67.4 Å². The maximum atomic E-state index is 14.3. The lowest BCUT2D eigenvalue weighted by molar-refractivity contribution is -0.135. The van der Waals surface area contributed by atoms with Crippen molar-refractivity contribution in [3.8, 4) is 0 Å². The lowest BCUT2D eigenvalue weighted by atomic mass is 9.92. The third-order valence-electron chi connectivity index (χ3n) is 7.15. The van der Waals surface area contributed by atoms with Crippen LogP contribution in [-0.2, 0) is 4.79 Å². The normalized spacial score (nSPS) is 18.5. The number of benzene rings is 2. The van der Waals surface area contributed by atoms with E-state index in [0.717, 1.165) is 72.7 Å². The lowest BCUT2D eigenvalue weighted by Gasteiger charge is -2.36. The van der Waals surface area contributed by atoms with Crippen molar-refractivity contribution in [1.82, 2.24) is 14.7 Å². The minimum atomic E-state index is -0.325. The summed E-state index contributed by atoms with van der Waals surface area (Å²) in [6.07, 6.45) is 4.22. The van der Waals surface area contributed by atoms with Crippen molar-refractivity contribution in [2.24, 2.45) is 5.92 Å². The highest BCUT2D eigenvalue weighted by Gasteiger charge is 2.33. The molecule has 2 aliphatic rings. The van der Waals surface area contributed by atoms with E-state index in [0.29, 0.717) is 0 Å². The molecule has 1 aliphatic carbocycles. The average molecular weight is 494 g/mol. The van der Waals surface area contributed by atoms with Gasteiger partial charge in [-0.25, -0.2) is 4.39 Å². The number of likely N-dealkylation sites (N-methyl/N-ethyl adjacent to an activating group) is 1. The Bertz CT molecular complexity index is 1130. The first-order chi connectivity index (χ1) is 16.8. The van der Waals surface area contributed by atoms with E-state index in [1.165, 1.54) is 11.0 Å². The van der Waals surface area contributed by atoms with Crippen molar-refractivity contribution in [3.05, 3.63) is 70.5 Å². The second-order valence-electron chi connectivity index (χ2n) is 9.75. The van der Waals surface area contributed by atoms with Crippen LogP contribution in [-0.4, -0.2) is 80.2 Å². The average Bonchev–Trinajstić information content (AvgIpc) is 3.12. The zero-order chi connectivity index (χ0) is 25.1. The number of thioether (sulfide) groups is 1. The molecule has 4 nitrogen and oxygen atoms in total. The molecule has 1 aliphatic heterocycles. The summed E-state index contributed by atoms with van der Waals surface area (Å²) in [4.78, 5) is 21.4. The van der Waals surface area contributed by atoms with Gasteiger partial charge in [0.15, 0.2) is 0 Å². The topological polar surface area (TPSA) is 26.8 Å². The Morgan fingerprint density at radius 3 is 2.40 bits per heavy atom. The van der Waals surface area contributed by atoms with Crippen molar-refractivity contribution in [1.29, 1.82) is 0 Å². The van der Waals surface area contributed by atoms with Crippen molar-refractivity contribution in [3.63, 3.8) is 0 Å².